The van der Waals surface area contributed by atoms with E-state index >= 15 is 0 Å². The summed E-state index contributed by atoms with van der Waals surface area (Å²) in [7, 11) is -1.50. The molecule has 4 nitrogen and oxygen atoms in total. The number of methoxy groups -OCH3 is 1. The SMILES string of the molecule is COCCCS(=O)(=O)C1CCCC(C)(C)C1N. The van der Waals surface area contributed by atoms with E-state index in [1.807, 2.05) is 0 Å². The molecule has 2 unspecified atom stereocenters. The van der Waals surface area contributed by atoms with Gasteiger partial charge < -0.3 is 10.5 Å². The minimum atomic E-state index is -3.08. The molecule has 102 valence electrons. The summed E-state index contributed by atoms with van der Waals surface area (Å²) in [4.78, 5) is 0. The van der Waals surface area contributed by atoms with Gasteiger partial charge >= 0.3 is 0 Å². The predicted molar refractivity (Wildman–Crippen MR) is 69.7 cm³/mol. The summed E-state index contributed by atoms with van der Waals surface area (Å²) in [5, 5.41) is -0.372. The van der Waals surface area contributed by atoms with Crippen LogP contribution in [0.1, 0.15) is 39.5 Å². The second-order valence-electron chi connectivity index (χ2n) is 5.66. The highest BCUT2D eigenvalue weighted by atomic mass is 32.2. The van der Waals surface area contributed by atoms with Gasteiger partial charge in [0.2, 0.25) is 0 Å². The Kier molecular flexibility index (Phi) is 4.98. The van der Waals surface area contributed by atoms with E-state index in [2.05, 4.69) is 13.8 Å². The lowest BCUT2D eigenvalue weighted by atomic mass is 9.73. The van der Waals surface area contributed by atoms with E-state index in [1.165, 1.54) is 0 Å². The molecule has 2 atom stereocenters. The van der Waals surface area contributed by atoms with Gasteiger partial charge in [-0.1, -0.05) is 20.3 Å². The van der Waals surface area contributed by atoms with Crippen LogP contribution in [0.4, 0.5) is 0 Å². The molecule has 5 heteroatoms. The van der Waals surface area contributed by atoms with Crippen molar-refractivity contribution in [3.05, 3.63) is 0 Å². The molecule has 0 spiro atoms. The fourth-order valence-electron chi connectivity index (χ4n) is 2.57. The molecule has 1 saturated carbocycles. The van der Waals surface area contributed by atoms with Crippen LogP contribution in [0.5, 0.6) is 0 Å². The zero-order chi connectivity index (χ0) is 13.1. The Morgan fingerprint density at radius 2 is 2.06 bits per heavy atom. The highest BCUT2D eigenvalue weighted by Gasteiger charge is 2.42. The monoisotopic (exact) mass is 263 g/mol. The second-order valence-corrected chi connectivity index (χ2v) is 8.00. The number of hydrogen-bond acceptors (Lipinski definition) is 4. The Balaban J connectivity index is 2.70. The molecule has 1 aliphatic carbocycles. The molecular formula is C12H25NO3S. The fourth-order valence-corrected chi connectivity index (χ4v) is 4.73. The second kappa shape index (κ2) is 5.67. The van der Waals surface area contributed by atoms with Gasteiger partial charge in [-0.2, -0.15) is 0 Å². The first kappa shape index (κ1) is 14.9. The number of sulfone groups is 1. The summed E-state index contributed by atoms with van der Waals surface area (Å²) >= 11 is 0. The number of nitrogens with two attached hydrogens (primary N) is 1. The quantitative estimate of drug-likeness (QED) is 0.760. The Morgan fingerprint density at radius 3 is 2.65 bits per heavy atom. The zero-order valence-corrected chi connectivity index (χ0v) is 11.9. The van der Waals surface area contributed by atoms with Crippen molar-refractivity contribution < 1.29 is 13.2 Å². The van der Waals surface area contributed by atoms with Gasteiger partial charge in [0.05, 0.1) is 11.0 Å². The molecule has 0 heterocycles. The van der Waals surface area contributed by atoms with Crippen molar-refractivity contribution >= 4 is 9.84 Å². The Hall–Kier alpha value is -0.130. The van der Waals surface area contributed by atoms with Gasteiger partial charge in [0.25, 0.3) is 0 Å². The average molecular weight is 263 g/mol. The molecule has 0 saturated heterocycles. The molecular weight excluding hydrogens is 238 g/mol. The van der Waals surface area contributed by atoms with Crippen molar-refractivity contribution in [1.29, 1.82) is 0 Å². The first-order chi connectivity index (χ1) is 7.81. The van der Waals surface area contributed by atoms with E-state index in [-0.39, 0.29) is 22.5 Å². The van der Waals surface area contributed by atoms with Crippen LogP contribution in [0, 0.1) is 5.41 Å². The molecule has 1 fully saturated rings. The fraction of sp³-hybridized carbons (Fsp3) is 1.00. The van der Waals surface area contributed by atoms with Crippen LogP contribution in [-0.2, 0) is 14.6 Å². The van der Waals surface area contributed by atoms with Crippen molar-refractivity contribution in [2.24, 2.45) is 11.1 Å². The van der Waals surface area contributed by atoms with E-state index in [1.54, 1.807) is 7.11 Å². The summed E-state index contributed by atoms with van der Waals surface area (Å²) in [6, 6.07) is -0.246. The molecule has 0 bridgehead atoms. The smallest absolute Gasteiger partial charge is 0.154 e. The van der Waals surface area contributed by atoms with E-state index in [9.17, 15) is 8.42 Å². The van der Waals surface area contributed by atoms with Gasteiger partial charge in [-0.3, -0.25) is 0 Å². The number of rotatable bonds is 5. The molecule has 17 heavy (non-hydrogen) atoms. The standard InChI is InChI=1S/C12H25NO3S/c1-12(2)7-4-6-10(11(12)13)17(14,15)9-5-8-16-3/h10-11H,4-9,13H2,1-3H3. The normalized spacial score (nSPS) is 29.2. The average Bonchev–Trinajstić information content (AvgIpc) is 2.22. The number of hydrogen-bond donors (Lipinski definition) is 1. The maximum absolute atomic E-state index is 12.2. The predicted octanol–water partition coefficient (Wildman–Crippen LogP) is 1.34. The lowest BCUT2D eigenvalue weighted by Gasteiger charge is -2.41. The molecule has 0 aliphatic heterocycles. The van der Waals surface area contributed by atoms with Crippen LogP contribution in [0.3, 0.4) is 0 Å². The van der Waals surface area contributed by atoms with Gasteiger partial charge in [0, 0.05) is 19.8 Å². The first-order valence-electron chi connectivity index (χ1n) is 6.27. The zero-order valence-electron chi connectivity index (χ0n) is 11.1. The van der Waals surface area contributed by atoms with E-state index < -0.39 is 9.84 Å². The van der Waals surface area contributed by atoms with Crippen LogP contribution < -0.4 is 5.73 Å². The Morgan fingerprint density at radius 1 is 1.41 bits per heavy atom. The largest absolute Gasteiger partial charge is 0.385 e. The molecule has 0 aromatic carbocycles. The minimum absolute atomic E-state index is 0.0722. The third-order valence-electron chi connectivity index (χ3n) is 3.85. The molecule has 0 aromatic heterocycles. The van der Waals surface area contributed by atoms with Gasteiger partial charge in [-0.25, -0.2) is 8.42 Å². The molecule has 0 aromatic rings. The molecule has 2 N–H and O–H groups in total. The molecule has 0 radical (unpaired) electrons. The van der Waals surface area contributed by atoms with Gasteiger partial charge in [0.1, 0.15) is 0 Å². The Labute approximate surface area is 105 Å². The molecule has 1 rings (SSSR count). The summed E-state index contributed by atoms with van der Waals surface area (Å²) in [5.41, 5.74) is 6.06. The molecule has 0 amide bonds. The highest BCUT2D eigenvalue weighted by molar-refractivity contribution is 7.92. The third kappa shape index (κ3) is 3.66. The van der Waals surface area contributed by atoms with Crippen molar-refractivity contribution in [2.75, 3.05) is 19.5 Å². The van der Waals surface area contributed by atoms with Crippen LogP contribution in [0.25, 0.3) is 0 Å². The lowest BCUT2D eigenvalue weighted by Crippen LogP contribution is -2.53. The first-order valence-corrected chi connectivity index (χ1v) is 7.99. The number of ether oxygens (including phenoxy) is 1. The summed E-state index contributed by atoms with van der Waals surface area (Å²) in [5.74, 6) is 0.190. The van der Waals surface area contributed by atoms with E-state index in [0.29, 0.717) is 19.4 Å². The van der Waals surface area contributed by atoms with Gasteiger partial charge in [-0.05, 0) is 24.7 Å². The van der Waals surface area contributed by atoms with Crippen LogP contribution in [0.2, 0.25) is 0 Å². The van der Waals surface area contributed by atoms with Gasteiger partial charge in [0.15, 0.2) is 9.84 Å². The van der Waals surface area contributed by atoms with Crippen molar-refractivity contribution in [3.8, 4) is 0 Å². The van der Waals surface area contributed by atoms with Crippen LogP contribution in [-0.4, -0.2) is 39.2 Å². The van der Waals surface area contributed by atoms with Crippen LogP contribution in [0.15, 0.2) is 0 Å². The van der Waals surface area contributed by atoms with E-state index in [4.69, 9.17) is 10.5 Å². The lowest BCUT2D eigenvalue weighted by molar-refractivity contribution is 0.197. The summed E-state index contributed by atoms with van der Waals surface area (Å²) < 4.78 is 29.3. The van der Waals surface area contributed by atoms with Gasteiger partial charge in [-0.15, -0.1) is 0 Å². The topological polar surface area (TPSA) is 69.4 Å². The van der Waals surface area contributed by atoms with E-state index in [0.717, 1.165) is 12.8 Å². The summed E-state index contributed by atoms with van der Waals surface area (Å²) in [6.07, 6.45) is 3.23. The maximum Gasteiger partial charge on any atom is 0.154 e. The minimum Gasteiger partial charge on any atom is -0.385 e. The van der Waals surface area contributed by atoms with Crippen LogP contribution >= 0.6 is 0 Å². The van der Waals surface area contributed by atoms with Crippen molar-refractivity contribution in [3.63, 3.8) is 0 Å². The Bertz CT molecular complexity index is 338. The summed E-state index contributed by atoms with van der Waals surface area (Å²) in [6.45, 7) is 4.62. The van der Waals surface area contributed by atoms with Crippen molar-refractivity contribution in [1.82, 2.24) is 0 Å². The maximum atomic E-state index is 12.2. The molecule has 1 aliphatic rings. The third-order valence-corrected chi connectivity index (χ3v) is 6.16. The van der Waals surface area contributed by atoms with Crippen molar-refractivity contribution in [2.45, 2.75) is 50.8 Å². The highest BCUT2D eigenvalue weighted by Crippen LogP contribution is 2.37.